The molecule has 1 fully saturated rings. The standard InChI is InChI=1S/C27H34N2O3S/c1-19-15-21(27(33)16-20-7-4-3-5-9-25(20)31-2)12-14-29(19)17-22(30)18-32-26-10-6-8-24-23(26)11-13-28-24/h3-4,6-11,13,16,19,21-22,28,30,33H,5,12,14-15,17-18H2,1-2H3/b27-16-/t19-,21-,22?/m0/s1. The number of methoxy groups -OCH3 is 1. The normalized spacial score (nSPS) is 23.1. The van der Waals surface area contributed by atoms with Gasteiger partial charge in [-0.3, -0.25) is 4.90 Å². The molecule has 2 aliphatic rings. The van der Waals surface area contributed by atoms with Crippen LogP contribution in [0.5, 0.6) is 5.75 Å². The fraction of sp³-hybridized carbons (Fsp3) is 0.407. The molecule has 1 aromatic heterocycles. The maximum Gasteiger partial charge on any atom is 0.128 e. The van der Waals surface area contributed by atoms with Gasteiger partial charge in [0.2, 0.25) is 0 Å². The number of thiol groups is 1. The minimum atomic E-state index is -0.540. The number of ether oxygens (including phenoxy) is 2. The second-order valence-corrected chi connectivity index (χ2v) is 9.37. The maximum atomic E-state index is 10.6. The van der Waals surface area contributed by atoms with E-state index in [1.165, 1.54) is 0 Å². The number of H-pyrrole nitrogens is 1. The van der Waals surface area contributed by atoms with Gasteiger partial charge in [-0.15, -0.1) is 12.6 Å². The lowest BCUT2D eigenvalue weighted by atomic mass is 9.90. The number of nitrogens with one attached hydrogen (secondary N) is 1. The van der Waals surface area contributed by atoms with Gasteiger partial charge in [-0.2, -0.15) is 0 Å². The number of allylic oxidation sites excluding steroid dienone is 6. The monoisotopic (exact) mass is 466 g/mol. The van der Waals surface area contributed by atoms with Gasteiger partial charge in [0.05, 0.1) is 7.11 Å². The minimum Gasteiger partial charge on any atom is -0.496 e. The molecule has 5 nitrogen and oxygen atoms in total. The van der Waals surface area contributed by atoms with Crippen molar-refractivity contribution in [2.45, 2.75) is 38.3 Å². The summed E-state index contributed by atoms with van der Waals surface area (Å²) in [6, 6.07) is 8.29. The first-order valence-electron chi connectivity index (χ1n) is 11.7. The lowest BCUT2D eigenvalue weighted by Crippen LogP contribution is -2.45. The van der Waals surface area contributed by atoms with Gasteiger partial charge < -0.3 is 19.6 Å². The van der Waals surface area contributed by atoms with Gasteiger partial charge in [-0.05, 0) is 73.9 Å². The largest absolute Gasteiger partial charge is 0.496 e. The molecule has 1 aromatic carbocycles. The Balaban J connectivity index is 1.30. The molecule has 33 heavy (non-hydrogen) atoms. The SMILES string of the molecule is COC1=CCC=CC=C1/C=C(\S)[C@H]1CCN(CC(O)COc2cccc3[nH]ccc23)[C@@H](C)C1. The Labute approximate surface area is 201 Å². The van der Waals surface area contributed by atoms with E-state index in [1.807, 2.05) is 30.5 Å². The van der Waals surface area contributed by atoms with E-state index in [-0.39, 0.29) is 6.61 Å². The quantitative estimate of drug-likeness (QED) is 0.466. The number of nitrogens with zero attached hydrogens (tertiary/aromatic N) is 1. The van der Waals surface area contributed by atoms with Gasteiger partial charge in [0.1, 0.15) is 24.2 Å². The summed E-state index contributed by atoms with van der Waals surface area (Å²) in [7, 11) is 1.71. The molecule has 4 rings (SSSR count). The minimum absolute atomic E-state index is 0.280. The Kier molecular flexibility index (Phi) is 8.02. The van der Waals surface area contributed by atoms with Crippen LogP contribution in [0.25, 0.3) is 10.9 Å². The van der Waals surface area contributed by atoms with Crippen LogP contribution >= 0.6 is 12.6 Å². The van der Waals surface area contributed by atoms with E-state index in [9.17, 15) is 5.11 Å². The van der Waals surface area contributed by atoms with E-state index in [0.29, 0.717) is 18.5 Å². The number of hydrogen-bond donors (Lipinski definition) is 3. The van der Waals surface area contributed by atoms with E-state index in [1.54, 1.807) is 7.11 Å². The number of piperidine rings is 1. The first-order valence-corrected chi connectivity index (χ1v) is 12.1. The zero-order valence-corrected chi connectivity index (χ0v) is 20.3. The molecule has 1 aliphatic carbocycles. The summed E-state index contributed by atoms with van der Waals surface area (Å²) in [5.74, 6) is 2.11. The van der Waals surface area contributed by atoms with Crippen molar-refractivity contribution in [3.05, 3.63) is 77.1 Å². The predicted molar refractivity (Wildman–Crippen MR) is 138 cm³/mol. The highest BCUT2D eigenvalue weighted by Gasteiger charge is 2.28. The molecule has 3 atom stereocenters. The molecule has 1 aliphatic heterocycles. The number of aliphatic hydroxyl groups excluding tert-OH is 1. The Morgan fingerprint density at radius 1 is 1.36 bits per heavy atom. The van der Waals surface area contributed by atoms with Crippen molar-refractivity contribution in [3.63, 3.8) is 0 Å². The van der Waals surface area contributed by atoms with Crippen LogP contribution in [0.4, 0.5) is 0 Å². The molecule has 6 heteroatoms. The molecular weight excluding hydrogens is 432 g/mol. The molecule has 2 aromatic rings. The Morgan fingerprint density at radius 2 is 2.24 bits per heavy atom. The van der Waals surface area contributed by atoms with E-state index < -0.39 is 6.10 Å². The summed E-state index contributed by atoms with van der Waals surface area (Å²) < 4.78 is 11.5. The number of hydrogen-bond acceptors (Lipinski definition) is 5. The Morgan fingerprint density at radius 3 is 3.06 bits per heavy atom. The third-order valence-corrected chi connectivity index (χ3v) is 7.02. The number of benzene rings is 1. The van der Waals surface area contributed by atoms with E-state index in [0.717, 1.165) is 58.7 Å². The first kappa shape index (κ1) is 23.7. The molecule has 2 N–H and O–H groups in total. The molecule has 0 saturated carbocycles. The zero-order chi connectivity index (χ0) is 23.2. The van der Waals surface area contributed by atoms with Crippen LogP contribution in [-0.2, 0) is 4.74 Å². The number of aromatic nitrogens is 1. The molecule has 0 bridgehead atoms. The summed E-state index contributed by atoms with van der Waals surface area (Å²) >= 11 is 4.86. The number of β-amino-alcohol motifs (C(OH)–C–C–N with tert-alkyl or cyclic N) is 1. The Bertz CT molecular complexity index is 1070. The second kappa shape index (κ2) is 11.1. The average Bonchev–Trinajstić information content (AvgIpc) is 3.19. The van der Waals surface area contributed by atoms with Crippen molar-refractivity contribution in [2.75, 3.05) is 26.8 Å². The summed E-state index contributed by atoms with van der Waals surface area (Å²) in [6.45, 7) is 4.05. The Hall–Kier alpha value is -2.41. The second-order valence-electron chi connectivity index (χ2n) is 8.85. The van der Waals surface area contributed by atoms with Crippen molar-refractivity contribution in [2.24, 2.45) is 5.92 Å². The summed E-state index contributed by atoms with van der Waals surface area (Å²) in [5, 5.41) is 11.7. The summed E-state index contributed by atoms with van der Waals surface area (Å²) in [5.41, 5.74) is 2.10. The van der Waals surface area contributed by atoms with Gasteiger partial charge in [-0.25, -0.2) is 0 Å². The van der Waals surface area contributed by atoms with Crippen molar-refractivity contribution in [1.29, 1.82) is 0 Å². The van der Waals surface area contributed by atoms with Crippen LogP contribution in [0, 0.1) is 5.92 Å². The third kappa shape index (κ3) is 5.94. The van der Waals surface area contributed by atoms with Gasteiger partial charge in [0, 0.05) is 35.3 Å². The van der Waals surface area contributed by atoms with Crippen molar-refractivity contribution in [3.8, 4) is 5.75 Å². The fourth-order valence-electron chi connectivity index (χ4n) is 4.68. The number of rotatable bonds is 8. The van der Waals surface area contributed by atoms with Gasteiger partial charge in [-0.1, -0.05) is 24.3 Å². The predicted octanol–water partition coefficient (Wildman–Crippen LogP) is 5.24. The van der Waals surface area contributed by atoms with Gasteiger partial charge in [0.25, 0.3) is 0 Å². The average molecular weight is 467 g/mol. The molecule has 0 spiro atoms. The molecule has 0 amide bonds. The molecular formula is C27H34N2O3S. The van der Waals surface area contributed by atoms with E-state index >= 15 is 0 Å². The van der Waals surface area contributed by atoms with E-state index in [4.69, 9.17) is 22.1 Å². The smallest absolute Gasteiger partial charge is 0.128 e. The van der Waals surface area contributed by atoms with Crippen molar-refractivity contribution < 1.29 is 14.6 Å². The number of aliphatic hydroxyl groups is 1. The van der Waals surface area contributed by atoms with Crippen LogP contribution in [0.2, 0.25) is 0 Å². The summed E-state index contributed by atoms with van der Waals surface area (Å²) in [4.78, 5) is 6.64. The van der Waals surface area contributed by atoms with Crippen LogP contribution in [0.1, 0.15) is 26.2 Å². The van der Waals surface area contributed by atoms with Crippen molar-refractivity contribution in [1.82, 2.24) is 9.88 Å². The summed E-state index contributed by atoms with van der Waals surface area (Å²) in [6.07, 6.45) is 14.8. The number of aromatic amines is 1. The zero-order valence-electron chi connectivity index (χ0n) is 19.4. The number of likely N-dealkylation sites (tertiary alicyclic amines) is 1. The van der Waals surface area contributed by atoms with Crippen molar-refractivity contribution >= 4 is 23.5 Å². The topological polar surface area (TPSA) is 57.7 Å². The highest BCUT2D eigenvalue weighted by molar-refractivity contribution is 7.84. The van der Waals surface area contributed by atoms with Crippen LogP contribution in [0.3, 0.4) is 0 Å². The maximum absolute atomic E-state index is 10.6. The number of fused-ring (bicyclic) bond motifs is 1. The highest BCUT2D eigenvalue weighted by atomic mass is 32.1. The highest BCUT2D eigenvalue weighted by Crippen LogP contribution is 2.33. The molecule has 1 saturated heterocycles. The van der Waals surface area contributed by atoms with Crippen LogP contribution < -0.4 is 4.74 Å². The van der Waals surface area contributed by atoms with Gasteiger partial charge >= 0.3 is 0 Å². The van der Waals surface area contributed by atoms with Gasteiger partial charge in [0.15, 0.2) is 0 Å². The lowest BCUT2D eigenvalue weighted by Gasteiger charge is -2.38. The molecule has 1 unspecified atom stereocenters. The van der Waals surface area contributed by atoms with Crippen LogP contribution in [-0.4, -0.2) is 53.9 Å². The fourth-order valence-corrected chi connectivity index (χ4v) is 5.05. The third-order valence-electron chi connectivity index (χ3n) is 6.52. The lowest BCUT2D eigenvalue weighted by molar-refractivity contribution is 0.0379. The molecule has 2 heterocycles. The first-order chi connectivity index (χ1) is 16.0. The molecule has 176 valence electrons. The van der Waals surface area contributed by atoms with Crippen LogP contribution in [0.15, 0.2) is 77.1 Å². The van der Waals surface area contributed by atoms with E-state index in [2.05, 4.69) is 47.2 Å². The molecule has 0 radical (unpaired) electrons.